The predicted octanol–water partition coefficient (Wildman–Crippen LogP) is 3.37. The highest BCUT2D eigenvalue weighted by molar-refractivity contribution is 6.09. The maximum absolute atomic E-state index is 13.0. The van der Waals surface area contributed by atoms with Crippen molar-refractivity contribution in [3.63, 3.8) is 0 Å². The molecule has 2 rings (SSSR count). The number of nitrogens with zero attached hydrogens (tertiary/aromatic N) is 2. The number of carbonyl (C=O) groups is 3. The average molecular weight is 388 g/mol. The van der Waals surface area contributed by atoms with Gasteiger partial charge in [-0.1, -0.05) is 58.0 Å². The quantitative estimate of drug-likeness (QED) is 0.661. The third kappa shape index (κ3) is 5.12. The first kappa shape index (κ1) is 21.9. The Morgan fingerprint density at radius 3 is 2.07 bits per heavy atom. The van der Waals surface area contributed by atoms with Gasteiger partial charge in [-0.05, 0) is 37.2 Å². The van der Waals surface area contributed by atoms with Crippen molar-refractivity contribution >= 4 is 17.8 Å². The first-order chi connectivity index (χ1) is 13.1. The number of urea groups is 1. The van der Waals surface area contributed by atoms with Gasteiger partial charge in [-0.2, -0.15) is 0 Å². The maximum atomic E-state index is 13.0. The molecule has 154 valence electrons. The Balaban J connectivity index is 2.11. The third-order valence-corrected chi connectivity index (χ3v) is 5.22. The van der Waals surface area contributed by atoms with E-state index < -0.39 is 11.6 Å². The van der Waals surface area contributed by atoms with Crippen LogP contribution in [-0.2, 0) is 15.1 Å². The first-order valence-electron chi connectivity index (χ1n) is 10.1. The highest BCUT2D eigenvalue weighted by atomic mass is 16.2. The van der Waals surface area contributed by atoms with Gasteiger partial charge in [0.05, 0.1) is 0 Å². The second-order valence-corrected chi connectivity index (χ2v) is 8.56. The Morgan fingerprint density at radius 2 is 1.57 bits per heavy atom. The Labute approximate surface area is 168 Å². The van der Waals surface area contributed by atoms with Gasteiger partial charge in [-0.15, -0.1) is 0 Å². The van der Waals surface area contributed by atoms with Gasteiger partial charge in [0.25, 0.3) is 5.91 Å². The van der Waals surface area contributed by atoms with Gasteiger partial charge in [-0.25, -0.2) is 4.79 Å². The van der Waals surface area contributed by atoms with Crippen LogP contribution in [-0.4, -0.2) is 47.3 Å². The number of carbonyl (C=O) groups excluding carboxylic acids is 3. The summed E-state index contributed by atoms with van der Waals surface area (Å²) in [7, 11) is 0. The molecule has 0 spiro atoms. The lowest BCUT2D eigenvalue weighted by Crippen LogP contribution is -2.45. The molecule has 1 aromatic carbocycles. The summed E-state index contributed by atoms with van der Waals surface area (Å²) in [6.45, 7) is 11.2. The minimum atomic E-state index is -1.14. The van der Waals surface area contributed by atoms with Crippen LogP contribution < -0.4 is 5.32 Å². The number of benzene rings is 1. The molecule has 6 heteroatoms. The molecule has 1 unspecified atom stereocenters. The summed E-state index contributed by atoms with van der Waals surface area (Å²) < 4.78 is 0. The zero-order valence-corrected chi connectivity index (χ0v) is 17.7. The van der Waals surface area contributed by atoms with E-state index in [2.05, 4.69) is 33.0 Å². The lowest BCUT2D eigenvalue weighted by atomic mass is 9.92. The summed E-state index contributed by atoms with van der Waals surface area (Å²) >= 11 is 0. The molecular weight excluding hydrogens is 354 g/mol. The number of amides is 4. The van der Waals surface area contributed by atoms with Crippen LogP contribution in [0.3, 0.4) is 0 Å². The molecule has 1 N–H and O–H groups in total. The van der Waals surface area contributed by atoms with E-state index in [-0.39, 0.29) is 18.4 Å². The van der Waals surface area contributed by atoms with E-state index in [4.69, 9.17) is 0 Å². The Morgan fingerprint density at radius 1 is 1.04 bits per heavy atom. The minimum Gasteiger partial charge on any atom is -0.341 e. The van der Waals surface area contributed by atoms with Crippen molar-refractivity contribution in [2.75, 3.05) is 19.6 Å². The Hall–Kier alpha value is -2.37. The molecule has 1 aliphatic rings. The number of imide groups is 1. The van der Waals surface area contributed by atoms with E-state index >= 15 is 0 Å². The fourth-order valence-corrected chi connectivity index (χ4v) is 3.23. The second-order valence-electron chi connectivity index (χ2n) is 8.56. The van der Waals surface area contributed by atoms with E-state index in [0.29, 0.717) is 30.5 Å². The van der Waals surface area contributed by atoms with Gasteiger partial charge in [0.1, 0.15) is 12.1 Å². The lowest BCUT2D eigenvalue weighted by Gasteiger charge is -2.26. The van der Waals surface area contributed by atoms with Crippen molar-refractivity contribution in [1.82, 2.24) is 15.1 Å². The zero-order chi connectivity index (χ0) is 20.9. The molecule has 4 amide bonds. The van der Waals surface area contributed by atoms with Crippen LogP contribution in [0.25, 0.3) is 0 Å². The SMILES string of the molecule is CC(C)CCN(CCC(C)C)C(=O)CN1C(=O)NC(C)(c2ccccc2)C1=O. The summed E-state index contributed by atoms with van der Waals surface area (Å²) in [5.41, 5.74) is -0.431. The second kappa shape index (κ2) is 9.22. The van der Waals surface area contributed by atoms with Crippen LogP contribution in [0.5, 0.6) is 0 Å². The van der Waals surface area contributed by atoms with E-state index in [0.717, 1.165) is 17.7 Å². The van der Waals surface area contributed by atoms with E-state index in [1.54, 1.807) is 24.0 Å². The van der Waals surface area contributed by atoms with Crippen LogP contribution >= 0.6 is 0 Å². The van der Waals surface area contributed by atoms with Crippen LogP contribution in [0.15, 0.2) is 30.3 Å². The molecule has 1 saturated heterocycles. The molecule has 1 atom stereocenters. The lowest BCUT2D eigenvalue weighted by molar-refractivity contribution is -0.139. The number of hydrogen-bond donors (Lipinski definition) is 1. The summed E-state index contributed by atoms with van der Waals surface area (Å²) in [5, 5.41) is 2.76. The summed E-state index contributed by atoms with van der Waals surface area (Å²) in [5.74, 6) is 0.395. The molecule has 6 nitrogen and oxygen atoms in total. The molecule has 0 radical (unpaired) electrons. The first-order valence-corrected chi connectivity index (χ1v) is 10.1. The van der Waals surface area contributed by atoms with Gasteiger partial charge in [0, 0.05) is 13.1 Å². The van der Waals surface area contributed by atoms with Crippen LogP contribution in [0.4, 0.5) is 4.79 Å². The zero-order valence-electron chi connectivity index (χ0n) is 17.7. The van der Waals surface area contributed by atoms with Crippen molar-refractivity contribution in [3.05, 3.63) is 35.9 Å². The molecule has 0 aromatic heterocycles. The van der Waals surface area contributed by atoms with E-state index in [1.807, 2.05) is 18.2 Å². The number of rotatable bonds is 9. The minimum absolute atomic E-state index is 0.179. The van der Waals surface area contributed by atoms with Gasteiger partial charge < -0.3 is 10.2 Å². The average Bonchev–Trinajstić information content (AvgIpc) is 2.86. The van der Waals surface area contributed by atoms with Crippen LogP contribution in [0.2, 0.25) is 0 Å². The maximum Gasteiger partial charge on any atom is 0.325 e. The molecule has 1 aromatic rings. The van der Waals surface area contributed by atoms with Crippen LogP contribution in [0.1, 0.15) is 53.0 Å². The standard InChI is InChI=1S/C22H33N3O3/c1-16(2)11-13-24(14-12-17(3)4)19(26)15-25-20(27)22(5,23-21(25)28)18-9-7-6-8-10-18/h6-10,16-17H,11-15H2,1-5H3,(H,23,28). The topological polar surface area (TPSA) is 69.7 Å². The van der Waals surface area contributed by atoms with Gasteiger partial charge in [-0.3, -0.25) is 14.5 Å². The number of hydrogen-bond acceptors (Lipinski definition) is 3. The molecule has 0 saturated carbocycles. The molecule has 0 bridgehead atoms. The summed E-state index contributed by atoms with van der Waals surface area (Å²) in [4.78, 5) is 41.2. The highest BCUT2D eigenvalue weighted by Gasteiger charge is 2.49. The fraction of sp³-hybridized carbons (Fsp3) is 0.591. The molecule has 28 heavy (non-hydrogen) atoms. The van der Waals surface area contributed by atoms with Crippen LogP contribution in [0, 0.1) is 11.8 Å². The smallest absolute Gasteiger partial charge is 0.325 e. The van der Waals surface area contributed by atoms with Gasteiger partial charge in [0.2, 0.25) is 5.91 Å². The molecular formula is C22H33N3O3. The Kier molecular flexibility index (Phi) is 7.22. The van der Waals surface area contributed by atoms with E-state index in [9.17, 15) is 14.4 Å². The van der Waals surface area contributed by atoms with Gasteiger partial charge >= 0.3 is 6.03 Å². The Bertz CT molecular complexity index is 690. The van der Waals surface area contributed by atoms with E-state index in [1.165, 1.54) is 0 Å². The largest absolute Gasteiger partial charge is 0.341 e. The highest BCUT2D eigenvalue weighted by Crippen LogP contribution is 2.28. The summed E-state index contributed by atoms with van der Waals surface area (Å²) in [6.07, 6.45) is 1.79. The third-order valence-electron chi connectivity index (χ3n) is 5.22. The number of nitrogens with one attached hydrogen (secondary N) is 1. The van der Waals surface area contributed by atoms with Crippen molar-refractivity contribution in [3.8, 4) is 0 Å². The van der Waals surface area contributed by atoms with Crippen molar-refractivity contribution < 1.29 is 14.4 Å². The van der Waals surface area contributed by atoms with Crippen molar-refractivity contribution in [2.24, 2.45) is 11.8 Å². The molecule has 1 heterocycles. The van der Waals surface area contributed by atoms with Crippen molar-refractivity contribution in [2.45, 2.75) is 53.0 Å². The molecule has 1 aliphatic heterocycles. The van der Waals surface area contributed by atoms with Gasteiger partial charge in [0.15, 0.2) is 0 Å². The normalized spacial score (nSPS) is 19.5. The summed E-state index contributed by atoms with van der Waals surface area (Å²) in [6, 6.07) is 8.61. The van der Waals surface area contributed by atoms with Crippen molar-refractivity contribution in [1.29, 1.82) is 0 Å². The fourth-order valence-electron chi connectivity index (χ4n) is 3.23. The monoisotopic (exact) mass is 387 g/mol. The molecule has 0 aliphatic carbocycles. The molecule has 1 fully saturated rings. The predicted molar refractivity (Wildman–Crippen MR) is 110 cm³/mol.